The van der Waals surface area contributed by atoms with Crippen molar-refractivity contribution in [1.29, 1.82) is 0 Å². The molecule has 0 bridgehead atoms. The molecule has 5 heteroatoms. The van der Waals surface area contributed by atoms with Gasteiger partial charge in [0.15, 0.2) is 5.13 Å². The van der Waals surface area contributed by atoms with Gasteiger partial charge in [0, 0.05) is 36.8 Å². The average molecular weight is 270 g/mol. The highest BCUT2D eigenvalue weighted by Crippen LogP contribution is 2.26. The number of rotatable bonds is 7. The minimum absolute atomic E-state index is 0.0750. The van der Waals surface area contributed by atoms with Gasteiger partial charge in [-0.2, -0.15) is 0 Å². The van der Waals surface area contributed by atoms with E-state index in [4.69, 9.17) is 5.73 Å². The van der Waals surface area contributed by atoms with Crippen LogP contribution < -0.4 is 10.6 Å². The SMILES string of the molecule is CC(C)CN(CCN(C)C)c1ncc(C(C)N)s1. The summed E-state index contributed by atoms with van der Waals surface area (Å²) < 4.78 is 0. The summed E-state index contributed by atoms with van der Waals surface area (Å²) in [7, 11) is 4.20. The zero-order chi connectivity index (χ0) is 13.7. The highest BCUT2D eigenvalue weighted by molar-refractivity contribution is 7.15. The first-order valence-corrected chi connectivity index (χ1v) is 7.32. The molecule has 1 aromatic heterocycles. The molecule has 2 N–H and O–H groups in total. The van der Waals surface area contributed by atoms with E-state index < -0.39 is 0 Å². The van der Waals surface area contributed by atoms with Gasteiger partial charge in [-0.1, -0.05) is 13.8 Å². The first kappa shape index (κ1) is 15.4. The van der Waals surface area contributed by atoms with Gasteiger partial charge < -0.3 is 15.5 Å². The van der Waals surface area contributed by atoms with Gasteiger partial charge in [-0.3, -0.25) is 0 Å². The molecule has 0 aliphatic carbocycles. The summed E-state index contributed by atoms with van der Waals surface area (Å²) in [4.78, 5) is 10.2. The topological polar surface area (TPSA) is 45.4 Å². The van der Waals surface area contributed by atoms with Crippen LogP contribution in [0.4, 0.5) is 5.13 Å². The lowest BCUT2D eigenvalue weighted by molar-refractivity contribution is 0.409. The van der Waals surface area contributed by atoms with Gasteiger partial charge >= 0.3 is 0 Å². The van der Waals surface area contributed by atoms with Crippen LogP contribution >= 0.6 is 11.3 Å². The Kier molecular flexibility index (Phi) is 6.05. The Balaban J connectivity index is 2.73. The molecule has 0 amide bonds. The van der Waals surface area contributed by atoms with E-state index in [1.54, 1.807) is 11.3 Å². The lowest BCUT2D eigenvalue weighted by Crippen LogP contribution is -2.34. The van der Waals surface area contributed by atoms with E-state index in [9.17, 15) is 0 Å². The zero-order valence-corrected chi connectivity index (χ0v) is 13.0. The maximum atomic E-state index is 5.89. The Morgan fingerprint density at radius 2 is 1.94 bits per heavy atom. The highest BCUT2D eigenvalue weighted by atomic mass is 32.1. The molecule has 0 saturated carbocycles. The molecule has 0 aliphatic rings. The quantitative estimate of drug-likeness (QED) is 0.825. The lowest BCUT2D eigenvalue weighted by atomic mass is 10.2. The van der Waals surface area contributed by atoms with Crippen LogP contribution in [0.3, 0.4) is 0 Å². The van der Waals surface area contributed by atoms with Gasteiger partial charge in [0.1, 0.15) is 0 Å². The van der Waals surface area contributed by atoms with Crippen molar-refractivity contribution in [1.82, 2.24) is 9.88 Å². The van der Waals surface area contributed by atoms with Crippen molar-refractivity contribution in [2.45, 2.75) is 26.8 Å². The summed E-state index contributed by atoms with van der Waals surface area (Å²) in [6.07, 6.45) is 1.91. The molecule has 0 aliphatic heterocycles. The summed E-state index contributed by atoms with van der Waals surface area (Å²) in [6, 6.07) is 0.0750. The molecule has 0 spiro atoms. The van der Waals surface area contributed by atoms with Crippen molar-refractivity contribution >= 4 is 16.5 Å². The molecule has 4 nitrogen and oxygen atoms in total. The van der Waals surface area contributed by atoms with Crippen molar-refractivity contribution in [3.05, 3.63) is 11.1 Å². The minimum atomic E-state index is 0.0750. The molecular weight excluding hydrogens is 244 g/mol. The van der Waals surface area contributed by atoms with E-state index in [0.29, 0.717) is 5.92 Å². The fourth-order valence-electron chi connectivity index (χ4n) is 1.66. The highest BCUT2D eigenvalue weighted by Gasteiger charge is 2.14. The summed E-state index contributed by atoms with van der Waals surface area (Å²) in [6.45, 7) is 9.58. The van der Waals surface area contributed by atoms with Gasteiger partial charge in [0.25, 0.3) is 0 Å². The van der Waals surface area contributed by atoms with Gasteiger partial charge in [0.2, 0.25) is 0 Å². The van der Waals surface area contributed by atoms with Gasteiger partial charge in [-0.05, 0) is 26.9 Å². The first-order chi connectivity index (χ1) is 8.40. The Morgan fingerprint density at radius 1 is 1.28 bits per heavy atom. The fourth-order valence-corrected chi connectivity index (χ4v) is 2.56. The predicted molar refractivity (Wildman–Crippen MR) is 80.3 cm³/mol. The number of thiazole rings is 1. The number of nitrogens with zero attached hydrogens (tertiary/aromatic N) is 3. The fraction of sp³-hybridized carbons (Fsp3) is 0.769. The van der Waals surface area contributed by atoms with E-state index in [0.717, 1.165) is 29.6 Å². The molecule has 1 heterocycles. The number of anilines is 1. The number of hydrogen-bond acceptors (Lipinski definition) is 5. The molecule has 1 aromatic rings. The largest absolute Gasteiger partial charge is 0.347 e. The lowest BCUT2D eigenvalue weighted by Gasteiger charge is -2.25. The summed E-state index contributed by atoms with van der Waals surface area (Å²) in [5, 5.41) is 1.10. The zero-order valence-electron chi connectivity index (χ0n) is 12.2. The van der Waals surface area contributed by atoms with Crippen LogP contribution in [-0.4, -0.2) is 43.6 Å². The minimum Gasteiger partial charge on any atom is -0.347 e. The standard InChI is InChI=1S/C13H26N4S/c1-10(2)9-17(7-6-16(4)5)13-15-8-12(18-13)11(3)14/h8,10-11H,6-7,9,14H2,1-5H3. The van der Waals surface area contributed by atoms with Gasteiger partial charge in [0.05, 0.1) is 0 Å². The number of nitrogens with two attached hydrogens (primary N) is 1. The average Bonchev–Trinajstić information content (AvgIpc) is 2.72. The molecule has 104 valence electrons. The molecular formula is C13H26N4S. The number of hydrogen-bond donors (Lipinski definition) is 1. The van der Waals surface area contributed by atoms with Crippen LogP contribution in [0.2, 0.25) is 0 Å². The summed E-state index contributed by atoms with van der Waals surface area (Å²) in [5.41, 5.74) is 5.89. The third-order valence-corrected chi connectivity index (χ3v) is 3.89. The van der Waals surface area contributed by atoms with E-state index in [2.05, 4.69) is 42.7 Å². The molecule has 0 aromatic carbocycles. The molecule has 0 radical (unpaired) electrons. The first-order valence-electron chi connectivity index (χ1n) is 6.51. The Bertz CT molecular complexity index is 347. The van der Waals surface area contributed by atoms with Crippen LogP contribution in [0.5, 0.6) is 0 Å². The monoisotopic (exact) mass is 270 g/mol. The number of aromatic nitrogens is 1. The van der Waals surface area contributed by atoms with Crippen LogP contribution in [0.15, 0.2) is 6.20 Å². The van der Waals surface area contributed by atoms with Crippen molar-refractivity contribution < 1.29 is 0 Å². The predicted octanol–water partition coefficient (Wildman–Crippen LogP) is 2.19. The normalized spacial score (nSPS) is 13.3. The van der Waals surface area contributed by atoms with Crippen LogP contribution in [0.25, 0.3) is 0 Å². The summed E-state index contributed by atoms with van der Waals surface area (Å²) in [5.74, 6) is 0.634. The molecule has 1 atom stereocenters. The van der Waals surface area contributed by atoms with Crippen LogP contribution in [-0.2, 0) is 0 Å². The second-order valence-corrected chi connectivity index (χ2v) is 6.52. The molecule has 0 saturated heterocycles. The van der Waals surface area contributed by atoms with E-state index >= 15 is 0 Å². The third kappa shape index (κ3) is 4.92. The van der Waals surface area contributed by atoms with E-state index in [1.807, 2.05) is 13.1 Å². The van der Waals surface area contributed by atoms with E-state index in [1.165, 1.54) is 0 Å². The van der Waals surface area contributed by atoms with E-state index in [-0.39, 0.29) is 6.04 Å². The van der Waals surface area contributed by atoms with Crippen molar-refractivity contribution in [3.63, 3.8) is 0 Å². The van der Waals surface area contributed by atoms with Gasteiger partial charge in [-0.25, -0.2) is 4.98 Å². The van der Waals surface area contributed by atoms with Crippen LogP contribution in [0, 0.1) is 5.92 Å². The molecule has 0 fully saturated rings. The molecule has 18 heavy (non-hydrogen) atoms. The Morgan fingerprint density at radius 3 is 2.39 bits per heavy atom. The summed E-state index contributed by atoms with van der Waals surface area (Å²) >= 11 is 1.71. The van der Waals surface area contributed by atoms with Gasteiger partial charge in [-0.15, -0.1) is 11.3 Å². The van der Waals surface area contributed by atoms with Crippen molar-refractivity contribution in [2.75, 3.05) is 38.6 Å². The maximum Gasteiger partial charge on any atom is 0.185 e. The second-order valence-electron chi connectivity index (χ2n) is 5.48. The Hall–Kier alpha value is -0.650. The number of likely N-dealkylation sites (N-methyl/N-ethyl adjacent to an activating group) is 1. The van der Waals surface area contributed by atoms with Crippen molar-refractivity contribution in [2.24, 2.45) is 11.7 Å². The Labute approximate surface area is 115 Å². The van der Waals surface area contributed by atoms with Crippen LogP contribution in [0.1, 0.15) is 31.7 Å². The molecule has 1 rings (SSSR count). The maximum absolute atomic E-state index is 5.89. The molecule has 1 unspecified atom stereocenters. The third-order valence-electron chi connectivity index (χ3n) is 2.63. The second kappa shape index (κ2) is 7.07. The van der Waals surface area contributed by atoms with Crippen molar-refractivity contribution in [3.8, 4) is 0 Å². The smallest absolute Gasteiger partial charge is 0.185 e.